The number of pyridine rings is 1. The summed E-state index contributed by atoms with van der Waals surface area (Å²) in [5, 5.41) is 9.78. The van der Waals surface area contributed by atoms with Crippen molar-refractivity contribution in [1.29, 1.82) is 0 Å². The van der Waals surface area contributed by atoms with Gasteiger partial charge >= 0.3 is 6.18 Å². The summed E-state index contributed by atoms with van der Waals surface area (Å²) in [5.41, 5.74) is 0.273. The number of carbonyl (C=O) groups is 2. The topological polar surface area (TPSA) is 101 Å². The van der Waals surface area contributed by atoms with Gasteiger partial charge in [-0.15, -0.1) is 0 Å². The van der Waals surface area contributed by atoms with Gasteiger partial charge in [0.25, 0.3) is 11.8 Å². The number of imidazole rings is 1. The molecule has 5 rings (SSSR count). The highest BCUT2D eigenvalue weighted by Crippen LogP contribution is 2.43. The lowest BCUT2D eigenvalue weighted by molar-refractivity contribution is -0.144. The average molecular weight is 629 g/mol. The summed E-state index contributed by atoms with van der Waals surface area (Å²) in [4.78, 5) is 33.9. The average Bonchev–Trinajstić information content (AvgIpc) is 3.70. The van der Waals surface area contributed by atoms with Crippen molar-refractivity contribution in [3.05, 3.63) is 59.3 Å². The van der Waals surface area contributed by atoms with Gasteiger partial charge in [-0.1, -0.05) is 6.07 Å². The number of carbonyl (C=O) groups excluding carboxylic acids is 2. The van der Waals surface area contributed by atoms with Crippen LogP contribution < -0.4 is 10.6 Å². The van der Waals surface area contributed by atoms with E-state index in [1.54, 1.807) is 6.07 Å². The molecule has 0 bridgehead atoms. The number of aromatic nitrogens is 4. The largest absolute Gasteiger partial charge is 0.389 e. The first-order valence-electron chi connectivity index (χ1n) is 14.3. The number of alkyl halides is 7. The third-order valence-electron chi connectivity index (χ3n) is 8.03. The molecule has 0 aliphatic heterocycles. The molecule has 0 saturated heterocycles. The molecule has 3 heterocycles. The zero-order valence-corrected chi connectivity index (χ0v) is 23.7. The summed E-state index contributed by atoms with van der Waals surface area (Å²) in [6.07, 6.45) is -2.52. The zero-order valence-electron chi connectivity index (χ0n) is 23.7. The molecule has 3 aromatic rings. The van der Waals surface area contributed by atoms with Crippen molar-refractivity contribution in [2.24, 2.45) is 11.8 Å². The van der Waals surface area contributed by atoms with E-state index >= 15 is 0 Å². The molecule has 0 unspecified atom stereocenters. The van der Waals surface area contributed by atoms with Crippen LogP contribution in [0.2, 0.25) is 0 Å². The number of halogens is 7. The van der Waals surface area contributed by atoms with Crippen molar-refractivity contribution < 1.29 is 40.3 Å². The summed E-state index contributed by atoms with van der Waals surface area (Å²) in [7, 11) is 0. The van der Waals surface area contributed by atoms with E-state index in [2.05, 4.69) is 25.7 Å². The summed E-state index contributed by atoms with van der Waals surface area (Å²) in [5.74, 6) is -8.07. The molecule has 2 fully saturated rings. The Morgan fingerprint density at radius 2 is 1.68 bits per heavy atom. The minimum atomic E-state index is -4.46. The number of fused-ring (bicyclic) bond motifs is 1. The van der Waals surface area contributed by atoms with E-state index in [9.17, 15) is 40.3 Å². The van der Waals surface area contributed by atoms with E-state index < -0.39 is 79.2 Å². The van der Waals surface area contributed by atoms with E-state index in [1.165, 1.54) is 29.0 Å². The number of rotatable bonds is 10. The molecule has 3 aromatic heterocycles. The maximum absolute atomic E-state index is 14.0. The molecule has 238 valence electrons. The van der Waals surface area contributed by atoms with E-state index in [0.29, 0.717) is 23.8 Å². The van der Waals surface area contributed by atoms with Crippen molar-refractivity contribution >= 4 is 17.5 Å². The molecular formula is C29H31F7N6O2. The van der Waals surface area contributed by atoms with E-state index in [1.807, 2.05) is 0 Å². The smallest absolute Gasteiger partial charge is 0.349 e. The minimum absolute atomic E-state index is 0.0261. The van der Waals surface area contributed by atoms with Crippen LogP contribution in [0.3, 0.4) is 0 Å². The lowest BCUT2D eigenvalue weighted by Gasteiger charge is -2.33. The second-order valence-electron chi connectivity index (χ2n) is 11.7. The number of hydrogen-bond acceptors (Lipinski definition) is 5. The maximum Gasteiger partial charge on any atom is 0.389 e. The van der Waals surface area contributed by atoms with Crippen LogP contribution in [0, 0.1) is 11.8 Å². The second kappa shape index (κ2) is 12.0. The molecule has 2 atom stereocenters. The molecule has 0 aromatic carbocycles. The first-order chi connectivity index (χ1) is 20.6. The molecule has 2 aliphatic carbocycles. The Balaban J connectivity index is 1.41. The highest BCUT2D eigenvalue weighted by atomic mass is 19.4. The Kier molecular flexibility index (Phi) is 8.60. The van der Waals surface area contributed by atoms with Crippen molar-refractivity contribution in [1.82, 2.24) is 30.2 Å². The first-order valence-corrected chi connectivity index (χ1v) is 14.3. The lowest BCUT2D eigenvalue weighted by Crippen LogP contribution is -2.37. The Labute approximate surface area is 247 Å². The zero-order chi connectivity index (χ0) is 31.9. The van der Waals surface area contributed by atoms with Gasteiger partial charge in [0.2, 0.25) is 11.8 Å². The van der Waals surface area contributed by atoms with Gasteiger partial charge in [-0.2, -0.15) is 27.1 Å². The summed E-state index contributed by atoms with van der Waals surface area (Å²) >= 11 is 0. The molecule has 2 N–H and O–H groups in total. The molecule has 2 aliphatic rings. The van der Waals surface area contributed by atoms with Crippen LogP contribution in [-0.2, 0) is 10.7 Å². The summed E-state index contributed by atoms with van der Waals surface area (Å²) in [6.45, 7) is 0.654. The number of nitrogens with zero attached hydrogens (tertiary/aromatic N) is 4. The van der Waals surface area contributed by atoms with Crippen LogP contribution >= 0.6 is 0 Å². The predicted molar refractivity (Wildman–Crippen MR) is 143 cm³/mol. The molecule has 0 radical (unpaired) electrons. The van der Waals surface area contributed by atoms with Gasteiger partial charge in [-0.3, -0.25) is 9.59 Å². The van der Waals surface area contributed by atoms with E-state index in [-0.39, 0.29) is 24.5 Å². The predicted octanol–water partition coefficient (Wildman–Crippen LogP) is 6.44. The lowest BCUT2D eigenvalue weighted by atomic mass is 9.81. The summed E-state index contributed by atoms with van der Waals surface area (Å²) < 4.78 is 94.9. The third-order valence-corrected chi connectivity index (χ3v) is 8.03. The molecule has 8 nitrogen and oxygen atoms in total. The fourth-order valence-corrected chi connectivity index (χ4v) is 5.48. The standard InChI is InChI=1S/C29H31F7N6O2/c1-27(30,31)21-4-2-3-19(38-21)26(44)41-25(17-7-10-28(32,33)11-8-17)20-15-42-22(39-20)13-18(14-37-42)24(16-5-6-16)40-23(43)9-12-29(34,35)36/h2-4,13-17,24-25H,5-12H2,1H3,(H,40,43)(H,41,44)/t24-,25+/m1/s1. The highest BCUT2D eigenvalue weighted by Gasteiger charge is 2.40. The number of nitrogens with one attached hydrogen (secondary N) is 2. The van der Waals surface area contributed by atoms with Crippen LogP contribution in [-0.4, -0.2) is 43.5 Å². The Morgan fingerprint density at radius 1 is 1.00 bits per heavy atom. The Morgan fingerprint density at radius 3 is 2.32 bits per heavy atom. The van der Waals surface area contributed by atoms with Gasteiger partial charge in [0, 0.05) is 26.2 Å². The Bertz CT molecular complexity index is 1510. The molecule has 0 spiro atoms. The molecule has 2 amide bonds. The van der Waals surface area contributed by atoms with E-state index in [0.717, 1.165) is 18.9 Å². The van der Waals surface area contributed by atoms with Gasteiger partial charge in [-0.25, -0.2) is 23.3 Å². The van der Waals surface area contributed by atoms with Crippen molar-refractivity contribution in [3.63, 3.8) is 0 Å². The Hall–Kier alpha value is -3.78. The molecule has 44 heavy (non-hydrogen) atoms. The van der Waals surface area contributed by atoms with Crippen LogP contribution in [0.4, 0.5) is 30.7 Å². The fraction of sp³-hybridized carbons (Fsp3) is 0.552. The van der Waals surface area contributed by atoms with Gasteiger partial charge in [-0.05, 0) is 61.3 Å². The normalized spacial score (nSPS) is 19.0. The van der Waals surface area contributed by atoms with Crippen LogP contribution in [0.5, 0.6) is 0 Å². The van der Waals surface area contributed by atoms with Crippen LogP contribution in [0.1, 0.15) is 97.8 Å². The second-order valence-corrected chi connectivity index (χ2v) is 11.7. The maximum atomic E-state index is 14.0. The number of amides is 2. The molecule has 2 saturated carbocycles. The van der Waals surface area contributed by atoms with Crippen LogP contribution in [0.15, 0.2) is 36.7 Å². The number of hydrogen-bond donors (Lipinski definition) is 2. The first kappa shape index (κ1) is 31.6. The van der Waals surface area contributed by atoms with Gasteiger partial charge in [0.05, 0.1) is 36.6 Å². The van der Waals surface area contributed by atoms with Gasteiger partial charge in [0.1, 0.15) is 11.4 Å². The minimum Gasteiger partial charge on any atom is -0.349 e. The SMILES string of the molecule is CC(F)(F)c1cccc(C(=O)N[C@H](c2cn3ncc([C@H](NC(=O)CCC(F)(F)F)C4CC4)cc3n2)C2CCC(F)(F)CC2)n1. The van der Waals surface area contributed by atoms with E-state index in [4.69, 9.17) is 0 Å². The third kappa shape index (κ3) is 7.83. The van der Waals surface area contributed by atoms with Crippen LogP contribution in [0.25, 0.3) is 5.65 Å². The highest BCUT2D eigenvalue weighted by molar-refractivity contribution is 5.92. The van der Waals surface area contributed by atoms with Crippen molar-refractivity contribution in [2.75, 3.05) is 0 Å². The molecule has 15 heteroatoms. The van der Waals surface area contributed by atoms with Crippen molar-refractivity contribution in [3.8, 4) is 0 Å². The van der Waals surface area contributed by atoms with Gasteiger partial charge < -0.3 is 10.6 Å². The van der Waals surface area contributed by atoms with Crippen molar-refractivity contribution in [2.45, 2.75) is 88.4 Å². The summed E-state index contributed by atoms with van der Waals surface area (Å²) in [6, 6.07) is 3.83. The van der Waals surface area contributed by atoms with Gasteiger partial charge in [0.15, 0.2) is 5.65 Å². The monoisotopic (exact) mass is 628 g/mol. The molecular weight excluding hydrogens is 597 g/mol. The quantitative estimate of drug-likeness (QED) is 0.252. The fourth-order valence-electron chi connectivity index (χ4n) is 5.48.